The number of hydrogen-bond acceptors (Lipinski definition) is 6. The Labute approximate surface area is 104 Å². The molecule has 0 aromatic rings. The fraction of sp³-hybridized carbons (Fsp3) is 0.700. The van der Waals surface area contributed by atoms with Crippen molar-refractivity contribution in [3.63, 3.8) is 0 Å². The molecule has 1 rings (SSSR count). The first kappa shape index (κ1) is 14.4. The van der Waals surface area contributed by atoms with Crippen molar-refractivity contribution in [1.29, 1.82) is 0 Å². The van der Waals surface area contributed by atoms with E-state index in [1.807, 2.05) is 11.9 Å². The lowest BCUT2D eigenvalue weighted by molar-refractivity contribution is -0.154. The molecule has 102 valence electrons. The maximum Gasteiger partial charge on any atom is 0.417 e. The smallest absolute Gasteiger partial charge is 0.417 e. The molecule has 1 saturated heterocycles. The summed E-state index contributed by atoms with van der Waals surface area (Å²) in [5.74, 6) is -2.58. The summed E-state index contributed by atoms with van der Waals surface area (Å²) in [4.78, 5) is 36.3. The van der Waals surface area contributed by atoms with Crippen LogP contribution in [0.1, 0.15) is 6.42 Å². The van der Waals surface area contributed by atoms with E-state index in [0.717, 1.165) is 0 Å². The van der Waals surface area contributed by atoms with Crippen LogP contribution >= 0.6 is 0 Å². The summed E-state index contributed by atoms with van der Waals surface area (Å²) < 4.78 is 4.40. The van der Waals surface area contributed by atoms with Gasteiger partial charge in [0.2, 0.25) is 0 Å². The van der Waals surface area contributed by atoms with Gasteiger partial charge in [-0.15, -0.1) is 0 Å². The van der Waals surface area contributed by atoms with Crippen LogP contribution in [0.3, 0.4) is 0 Å². The van der Waals surface area contributed by atoms with Gasteiger partial charge in [-0.25, -0.2) is 9.59 Å². The Morgan fingerprint density at radius 1 is 1.22 bits per heavy atom. The van der Waals surface area contributed by atoms with Crippen LogP contribution in [-0.4, -0.2) is 77.4 Å². The second-order valence-electron chi connectivity index (χ2n) is 4.09. The number of likely N-dealkylation sites (N-methyl/N-ethyl adjacent to an activating group) is 1. The Hall–Kier alpha value is -1.67. The quantitative estimate of drug-likeness (QED) is 0.481. The van der Waals surface area contributed by atoms with Gasteiger partial charge in [0.15, 0.2) is 6.10 Å². The Morgan fingerprint density at radius 2 is 1.78 bits per heavy atom. The van der Waals surface area contributed by atoms with Crippen LogP contribution in [0.4, 0.5) is 4.79 Å². The molecule has 0 spiro atoms. The highest BCUT2D eigenvalue weighted by Gasteiger charge is 2.27. The lowest BCUT2D eigenvalue weighted by atomic mass is 10.2. The molecule has 1 heterocycles. The standard InChI is InChI=1S/C10H16N2O6/c1-11-2-4-12(5-3-11)10(17)18-9(16)7(13)6-8(14)15/h7,13H,2-6H2,1H3,(H,14,15). The van der Waals surface area contributed by atoms with Crippen molar-refractivity contribution in [1.82, 2.24) is 9.80 Å². The number of carbonyl (C=O) groups is 3. The third kappa shape index (κ3) is 4.30. The molecule has 8 nitrogen and oxygen atoms in total. The molecule has 1 amide bonds. The van der Waals surface area contributed by atoms with Gasteiger partial charge in [-0.2, -0.15) is 0 Å². The van der Waals surface area contributed by atoms with Crippen LogP contribution in [0.5, 0.6) is 0 Å². The summed E-state index contributed by atoms with van der Waals surface area (Å²) in [5, 5.41) is 17.5. The van der Waals surface area contributed by atoms with Crippen LogP contribution in [0.2, 0.25) is 0 Å². The molecular weight excluding hydrogens is 244 g/mol. The van der Waals surface area contributed by atoms with E-state index in [1.165, 1.54) is 4.90 Å². The van der Waals surface area contributed by atoms with Crippen molar-refractivity contribution >= 4 is 18.0 Å². The highest BCUT2D eigenvalue weighted by molar-refractivity contribution is 5.89. The summed E-state index contributed by atoms with van der Waals surface area (Å²) >= 11 is 0. The van der Waals surface area contributed by atoms with Gasteiger partial charge >= 0.3 is 18.0 Å². The normalized spacial score (nSPS) is 18.2. The summed E-state index contributed by atoms with van der Waals surface area (Å²) in [6, 6.07) is 0. The monoisotopic (exact) mass is 260 g/mol. The predicted octanol–water partition coefficient (Wildman–Crippen LogP) is -1.27. The maximum absolute atomic E-state index is 11.5. The van der Waals surface area contributed by atoms with Crippen molar-refractivity contribution in [3.8, 4) is 0 Å². The third-order valence-corrected chi connectivity index (χ3v) is 2.59. The van der Waals surface area contributed by atoms with Gasteiger partial charge in [0, 0.05) is 26.2 Å². The van der Waals surface area contributed by atoms with Gasteiger partial charge in [-0.3, -0.25) is 4.79 Å². The minimum absolute atomic E-state index is 0.428. The van der Waals surface area contributed by atoms with Crippen LogP contribution in [0, 0.1) is 0 Å². The van der Waals surface area contributed by atoms with Crippen LogP contribution in [-0.2, 0) is 14.3 Å². The zero-order valence-electron chi connectivity index (χ0n) is 10.0. The first-order valence-corrected chi connectivity index (χ1v) is 5.49. The summed E-state index contributed by atoms with van der Waals surface area (Å²) in [6.45, 7) is 2.19. The molecule has 1 aliphatic heterocycles. The Morgan fingerprint density at radius 3 is 2.28 bits per heavy atom. The van der Waals surface area contributed by atoms with E-state index >= 15 is 0 Å². The number of esters is 1. The average Bonchev–Trinajstić information content (AvgIpc) is 2.28. The van der Waals surface area contributed by atoms with E-state index in [9.17, 15) is 14.4 Å². The molecule has 0 aliphatic carbocycles. The number of carbonyl (C=O) groups excluding carboxylic acids is 2. The SMILES string of the molecule is CN1CCN(C(=O)OC(=O)C(O)CC(=O)O)CC1. The Balaban J connectivity index is 2.39. The van der Waals surface area contributed by atoms with Crippen molar-refractivity contribution in [2.45, 2.75) is 12.5 Å². The molecule has 0 saturated carbocycles. The van der Waals surface area contributed by atoms with E-state index in [0.29, 0.717) is 26.2 Å². The first-order valence-electron chi connectivity index (χ1n) is 5.49. The fourth-order valence-electron chi connectivity index (χ4n) is 1.46. The van der Waals surface area contributed by atoms with Gasteiger partial charge in [0.05, 0.1) is 6.42 Å². The zero-order chi connectivity index (χ0) is 13.7. The van der Waals surface area contributed by atoms with Gasteiger partial charge in [0.1, 0.15) is 0 Å². The number of ether oxygens (including phenoxy) is 1. The number of nitrogens with zero attached hydrogens (tertiary/aromatic N) is 2. The number of aliphatic hydroxyl groups is 1. The minimum atomic E-state index is -1.82. The van der Waals surface area contributed by atoms with Gasteiger partial charge < -0.3 is 24.7 Å². The number of aliphatic hydroxyl groups excluding tert-OH is 1. The van der Waals surface area contributed by atoms with E-state index < -0.39 is 30.6 Å². The fourth-order valence-corrected chi connectivity index (χ4v) is 1.46. The summed E-state index contributed by atoms with van der Waals surface area (Å²) in [5.41, 5.74) is 0. The summed E-state index contributed by atoms with van der Waals surface area (Å²) in [7, 11) is 1.91. The molecule has 1 unspecified atom stereocenters. The maximum atomic E-state index is 11.5. The summed E-state index contributed by atoms with van der Waals surface area (Å²) in [6.07, 6.45) is -3.45. The number of carboxylic acids is 1. The van der Waals surface area contributed by atoms with E-state index in [-0.39, 0.29) is 0 Å². The first-order chi connectivity index (χ1) is 8.40. The van der Waals surface area contributed by atoms with Crippen molar-refractivity contribution in [2.75, 3.05) is 33.2 Å². The second kappa shape index (κ2) is 6.31. The van der Waals surface area contributed by atoms with E-state index in [2.05, 4.69) is 4.74 Å². The minimum Gasteiger partial charge on any atom is -0.481 e. The van der Waals surface area contributed by atoms with Crippen molar-refractivity contribution in [2.24, 2.45) is 0 Å². The number of aliphatic carboxylic acids is 1. The Bertz CT molecular complexity index is 337. The van der Waals surface area contributed by atoms with Crippen LogP contribution in [0.15, 0.2) is 0 Å². The molecule has 18 heavy (non-hydrogen) atoms. The molecule has 0 bridgehead atoms. The molecule has 1 fully saturated rings. The van der Waals surface area contributed by atoms with Gasteiger partial charge in [-0.1, -0.05) is 0 Å². The molecule has 8 heteroatoms. The topological polar surface area (TPSA) is 107 Å². The molecule has 2 N–H and O–H groups in total. The molecular formula is C10H16N2O6. The highest BCUT2D eigenvalue weighted by atomic mass is 16.6. The van der Waals surface area contributed by atoms with Crippen LogP contribution < -0.4 is 0 Å². The van der Waals surface area contributed by atoms with Crippen molar-refractivity contribution in [3.05, 3.63) is 0 Å². The molecule has 0 aromatic heterocycles. The third-order valence-electron chi connectivity index (χ3n) is 2.59. The molecule has 0 radical (unpaired) electrons. The predicted molar refractivity (Wildman–Crippen MR) is 58.8 cm³/mol. The lowest BCUT2D eigenvalue weighted by Gasteiger charge is -2.31. The van der Waals surface area contributed by atoms with Crippen LogP contribution in [0.25, 0.3) is 0 Å². The van der Waals surface area contributed by atoms with Gasteiger partial charge in [-0.05, 0) is 7.05 Å². The number of rotatable bonds is 3. The average molecular weight is 260 g/mol. The Kier molecular flexibility index (Phi) is 5.05. The van der Waals surface area contributed by atoms with Crippen molar-refractivity contribution < 1.29 is 29.3 Å². The molecule has 0 aromatic carbocycles. The molecule has 1 atom stereocenters. The molecule has 1 aliphatic rings. The number of amides is 1. The largest absolute Gasteiger partial charge is 0.481 e. The zero-order valence-corrected chi connectivity index (χ0v) is 10.0. The highest BCUT2D eigenvalue weighted by Crippen LogP contribution is 2.04. The van der Waals surface area contributed by atoms with E-state index in [1.54, 1.807) is 0 Å². The van der Waals surface area contributed by atoms with Gasteiger partial charge in [0.25, 0.3) is 0 Å². The number of carboxylic acid groups (broad SMARTS) is 1. The second-order valence-corrected chi connectivity index (χ2v) is 4.09. The number of hydrogen-bond donors (Lipinski definition) is 2. The number of piperazine rings is 1. The van der Waals surface area contributed by atoms with E-state index in [4.69, 9.17) is 10.2 Å². The lowest BCUT2D eigenvalue weighted by Crippen LogP contribution is -2.48.